The van der Waals surface area contributed by atoms with Crippen molar-refractivity contribution in [2.75, 3.05) is 0 Å². The number of aliphatic hydroxyl groups excluding tert-OH is 1. The number of hydrogen-bond donors (Lipinski definition) is 1. The summed E-state index contributed by atoms with van der Waals surface area (Å²) in [4.78, 5) is 0. The van der Waals surface area contributed by atoms with Crippen LogP contribution in [-0.2, 0) is 0 Å². The van der Waals surface area contributed by atoms with Crippen molar-refractivity contribution in [3.05, 3.63) is 11.6 Å². The van der Waals surface area contributed by atoms with E-state index in [0.29, 0.717) is 0 Å². The molecule has 0 spiro atoms. The molecule has 0 aromatic rings. The minimum absolute atomic E-state index is 0.101. The van der Waals surface area contributed by atoms with E-state index in [-0.39, 0.29) is 6.10 Å². The van der Waals surface area contributed by atoms with Gasteiger partial charge in [0.15, 0.2) is 0 Å². The van der Waals surface area contributed by atoms with Crippen LogP contribution in [0.3, 0.4) is 0 Å². The van der Waals surface area contributed by atoms with E-state index < -0.39 is 0 Å². The van der Waals surface area contributed by atoms with Crippen molar-refractivity contribution >= 4 is 0 Å². The smallest absolute Gasteiger partial charge is 0.0540 e. The van der Waals surface area contributed by atoms with Gasteiger partial charge in [-0.1, -0.05) is 25.5 Å². The van der Waals surface area contributed by atoms with Gasteiger partial charge in [-0.25, -0.2) is 0 Å². The largest absolute Gasteiger partial charge is 0.393 e. The van der Waals surface area contributed by atoms with Gasteiger partial charge in [0.1, 0.15) is 0 Å². The number of aliphatic hydroxyl groups is 1. The summed E-state index contributed by atoms with van der Waals surface area (Å²) >= 11 is 0. The summed E-state index contributed by atoms with van der Waals surface area (Å²) in [5.41, 5.74) is 1.42. The molecule has 66 valence electrons. The minimum Gasteiger partial charge on any atom is -0.393 e. The van der Waals surface area contributed by atoms with Crippen LogP contribution in [0.25, 0.3) is 0 Å². The van der Waals surface area contributed by atoms with Crippen LogP contribution in [0.2, 0.25) is 0 Å². The zero-order chi connectivity index (χ0) is 8.69. The van der Waals surface area contributed by atoms with E-state index in [1.165, 1.54) is 5.57 Å². The summed E-state index contributed by atoms with van der Waals surface area (Å²) in [5.74, 6) is 0. The highest BCUT2D eigenvalue weighted by Crippen LogP contribution is 2.05. The lowest BCUT2D eigenvalue weighted by Crippen LogP contribution is -2.02. The average molecular weight is 156 g/mol. The Bertz CT molecular complexity index is 116. The second-order valence-electron chi connectivity index (χ2n) is 3.04. The molecule has 0 heterocycles. The molecule has 0 rings (SSSR count). The first-order valence-corrected chi connectivity index (χ1v) is 4.54. The quantitative estimate of drug-likeness (QED) is 0.607. The molecule has 0 radical (unpaired) electrons. The first-order chi connectivity index (χ1) is 5.20. The molecule has 1 N–H and O–H groups in total. The third kappa shape index (κ3) is 6.11. The Morgan fingerprint density at radius 2 is 2.09 bits per heavy atom. The number of rotatable bonds is 5. The molecular weight excluding hydrogens is 136 g/mol. The summed E-state index contributed by atoms with van der Waals surface area (Å²) in [6.45, 7) is 6.31. The van der Waals surface area contributed by atoms with Crippen LogP contribution in [0.1, 0.15) is 46.5 Å². The fraction of sp³-hybridized carbons (Fsp3) is 0.800. The van der Waals surface area contributed by atoms with Gasteiger partial charge in [0.2, 0.25) is 0 Å². The molecule has 0 aliphatic carbocycles. The first kappa shape index (κ1) is 10.7. The van der Waals surface area contributed by atoms with E-state index in [1.807, 2.05) is 6.92 Å². The lowest BCUT2D eigenvalue weighted by Gasteiger charge is -2.04. The lowest BCUT2D eigenvalue weighted by molar-refractivity contribution is 0.161. The lowest BCUT2D eigenvalue weighted by atomic mass is 10.1. The summed E-state index contributed by atoms with van der Waals surface area (Å²) < 4.78 is 0. The van der Waals surface area contributed by atoms with Crippen molar-refractivity contribution in [1.82, 2.24) is 0 Å². The van der Waals surface area contributed by atoms with E-state index in [4.69, 9.17) is 0 Å². The Morgan fingerprint density at radius 3 is 2.55 bits per heavy atom. The molecule has 0 aliphatic rings. The van der Waals surface area contributed by atoms with Gasteiger partial charge in [0.05, 0.1) is 6.10 Å². The second-order valence-corrected chi connectivity index (χ2v) is 3.04. The molecule has 0 amide bonds. The van der Waals surface area contributed by atoms with Gasteiger partial charge in [0, 0.05) is 0 Å². The van der Waals surface area contributed by atoms with E-state index in [9.17, 15) is 5.11 Å². The first-order valence-electron chi connectivity index (χ1n) is 4.54. The van der Waals surface area contributed by atoms with Crippen LogP contribution < -0.4 is 0 Å². The molecule has 0 aromatic carbocycles. The number of allylic oxidation sites excluding steroid dienone is 2. The van der Waals surface area contributed by atoms with Crippen molar-refractivity contribution < 1.29 is 5.11 Å². The molecule has 0 saturated heterocycles. The van der Waals surface area contributed by atoms with Gasteiger partial charge in [0.25, 0.3) is 0 Å². The van der Waals surface area contributed by atoms with Crippen LogP contribution in [0.5, 0.6) is 0 Å². The summed E-state index contributed by atoms with van der Waals surface area (Å²) in [6, 6.07) is 0. The molecule has 0 fully saturated rings. The van der Waals surface area contributed by atoms with Gasteiger partial charge in [-0.3, -0.25) is 0 Å². The van der Waals surface area contributed by atoms with Crippen LogP contribution >= 0.6 is 0 Å². The van der Waals surface area contributed by atoms with E-state index in [0.717, 1.165) is 25.7 Å². The normalized spacial score (nSPS) is 15.1. The van der Waals surface area contributed by atoms with Crippen LogP contribution in [0.15, 0.2) is 11.6 Å². The maximum Gasteiger partial charge on any atom is 0.0540 e. The molecule has 0 aliphatic heterocycles. The van der Waals surface area contributed by atoms with Crippen molar-refractivity contribution in [2.45, 2.75) is 52.6 Å². The Kier molecular flexibility index (Phi) is 6.24. The standard InChI is InChI=1S/C10H20O/c1-4-9(3)7-6-8-10(11)5-2/h7,10-11H,4-6,8H2,1-3H3/b9-7+/t10-/m1/s1. The summed E-state index contributed by atoms with van der Waals surface area (Å²) in [6.07, 6.45) is 6.05. The molecule has 0 saturated carbocycles. The molecule has 1 nitrogen and oxygen atoms in total. The van der Waals surface area contributed by atoms with Gasteiger partial charge in [-0.2, -0.15) is 0 Å². The monoisotopic (exact) mass is 156 g/mol. The van der Waals surface area contributed by atoms with Crippen molar-refractivity contribution in [2.24, 2.45) is 0 Å². The van der Waals surface area contributed by atoms with Gasteiger partial charge >= 0.3 is 0 Å². The fourth-order valence-corrected chi connectivity index (χ4v) is 0.871. The topological polar surface area (TPSA) is 20.2 Å². The predicted molar refractivity (Wildman–Crippen MR) is 49.6 cm³/mol. The average Bonchev–Trinajstić information content (AvgIpc) is 2.04. The van der Waals surface area contributed by atoms with Crippen molar-refractivity contribution in [3.63, 3.8) is 0 Å². The van der Waals surface area contributed by atoms with Gasteiger partial charge in [-0.15, -0.1) is 0 Å². The highest BCUT2D eigenvalue weighted by atomic mass is 16.3. The maximum absolute atomic E-state index is 9.21. The van der Waals surface area contributed by atoms with Crippen molar-refractivity contribution in [1.29, 1.82) is 0 Å². The SMILES string of the molecule is CC/C(C)=C/CC[C@H](O)CC. The predicted octanol–water partition coefficient (Wildman–Crippen LogP) is 2.89. The van der Waals surface area contributed by atoms with E-state index >= 15 is 0 Å². The van der Waals surface area contributed by atoms with Gasteiger partial charge < -0.3 is 5.11 Å². The molecule has 0 unspecified atom stereocenters. The molecule has 0 bridgehead atoms. The second kappa shape index (κ2) is 6.41. The zero-order valence-electron chi connectivity index (χ0n) is 7.93. The van der Waals surface area contributed by atoms with Gasteiger partial charge in [-0.05, 0) is 32.6 Å². The summed E-state index contributed by atoms with van der Waals surface area (Å²) in [7, 11) is 0. The van der Waals surface area contributed by atoms with Crippen LogP contribution in [-0.4, -0.2) is 11.2 Å². The number of hydrogen-bond acceptors (Lipinski definition) is 1. The Labute approximate surface area is 70.1 Å². The molecule has 1 heteroatoms. The fourth-order valence-electron chi connectivity index (χ4n) is 0.871. The highest BCUT2D eigenvalue weighted by Gasteiger charge is 1.97. The minimum atomic E-state index is -0.101. The zero-order valence-corrected chi connectivity index (χ0v) is 7.93. The third-order valence-corrected chi connectivity index (χ3v) is 2.02. The van der Waals surface area contributed by atoms with Crippen LogP contribution in [0, 0.1) is 0 Å². The highest BCUT2D eigenvalue weighted by molar-refractivity contribution is 4.96. The third-order valence-electron chi connectivity index (χ3n) is 2.02. The molecular formula is C10H20O. The summed E-state index contributed by atoms with van der Waals surface area (Å²) in [5, 5.41) is 9.21. The van der Waals surface area contributed by atoms with Crippen molar-refractivity contribution in [3.8, 4) is 0 Å². The van der Waals surface area contributed by atoms with E-state index in [1.54, 1.807) is 0 Å². The van der Waals surface area contributed by atoms with Crippen LogP contribution in [0.4, 0.5) is 0 Å². The Balaban J connectivity index is 3.39. The maximum atomic E-state index is 9.21. The van der Waals surface area contributed by atoms with E-state index in [2.05, 4.69) is 19.9 Å². The molecule has 0 aromatic heterocycles. The Hall–Kier alpha value is -0.300. The molecule has 11 heavy (non-hydrogen) atoms. The Morgan fingerprint density at radius 1 is 1.45 bits per heavy atom. The molecule has 1 atom stereocenters.